The van der Waals surface area contributed by atoms with E-state index >= 15 is 0 Å². The second-order valence-corrected chi connectivity index (χ2v) is 15.8. The summed E-state index contributed by atoms with van der Waals surface area (Å²) < 4.78 is 70.1. The van der Waals surface area contributed by atoms with Gasteiger partial charge in [0.1, 0.15) is 5.82 Å². The van der Waals surface area contributed by atoms with E-state index in [1.165, 1.54) is 28.1 Å². The highest BCUT2D eigenvalue weighted by atomic mass is 32.2. The molecule has 0 aliphatic carbocycles. The number of carbonyl (C=O) groups excluding carboxylic acids is 1. The molecule has 3 aliphatic rings. The quantitative estimate of drug-likeness (QED) is 0.267. The topological polar surface area (TPSA) is 133 Å². The van der Waals surface area contributed by atoms with Gasteiger partial charge in [0.15, 0.2) is 0 Å². The molecule has 1 fully saturated rings. The Bertz CT molecular complexity index is 1870. The summed E-state index contributed by atoms with van der Waals surface area (Å²) in [5, 5.41) is 22.0. The Morgan fingerprint density at radius 2 is 1.92 bits per heavy atom. The lowest BCUT2D eigenvalue weighted by molar-refractivity contribution is -0.138. The molecule has 6 rings (SSSR count). The minimum atomic E-state index is -4.66. The van der Waals surface area contributed by atoms with E-state index in [-0.39, 0.29) is 31.7 Å². The standard InChI is InChI=1S/C35H44F3N7O4S/c1-22(2)15-32(47)40-17-25-16-24(6-7-30(25)35(36,37)38)33-29-21-44(50(3,48)49)14-10-31(29)45(42-33)20-26(46)19-43-12-8-23(9-13-43)28-18-41-34-27(28)5-4-11-39-34/h4-7,11,15-16,23,26,28,46H,8-10,12-14,17-21H2,1-3H3,(H,39,41)(H,40,47). The molecule has 0 radical (unpaired) electrons. The van der Waals surface area contributed by atoms with E-state index in [2.05, 4.69) is 26.6 Å². The number of pyridine rings is 1. The largest absolute Gasteiger partial charge is 0.416 e. The number of anilines is 1. The summed E-state index contributed by atoms with van der Waals surface area (Å²) in [6.45, 7) is 6.46. The third-order valence-corrected chi connectivity index (χ3v) is 11.2. The van der Waals surface area contributed by atoms with Gasteiger partial charge in [-0.2, -0.15) is 22.6 Å². The SMILES string of the molecule is CC(C)=CC(=O)NCc1cc(-c2nn(CC(O)CN3CCC(C4CNc5ncccc54)CC3)c3c2CN(S(C)(=O)=O)CC3)ccc1C(F)(F)F. The van der Waals surface area contributed by atoms with Gasteiger partial charge in [-0.1, -0.05) is 17.7 Å². The fourth-order valence-corrected chi connectivity index (χ4v) is 8.27. The van der Waals surface area contributed by atoms with E-state index in [4.69, 9.17) is 5.10 Å². The lowest BCUT2D eigenvalue weighted by Gasteiger charge is -2.35. The number of amides is 1. The van der Waals surface area contributed by atoms with Crippen LogP contribution in [-0.2, 0) is 47.0 Å². The van der Waals surface area contributed by atoms with Crippen molar-refractivity contribution in [1.29, 1.82) is 0 Å². The summed E-state index contributed by atoms with van der Waals surface area (Å²) in [5.74, 6) is 1.40. The van der Waals surface area contributed by atoms with Gasteiger partial charge in [-0.3, -0.25) is 9.48 Å². The average Bonchev–Trinajstić information content (AvgIpc) is 3.64. The number of fused-ring (bicyclic) bond motifs is 2. The van der Waals surface area contributed by atoms with Gasteiger partial charge >= 0.3 is 6.18 Å². The first-order valence-electron chi connectivity index (χ1n) is 16.9. The Labute approximate surface area is 290 Å². The van der Waals surface area contributed by atoms with Crippen molar-refractivity contribution in [3.63, 3.8) is 0 Å². The Hall–Kier alpha value is -3.79. The Kier molecular flexibility index (Phi) is 10.4. The lowest BCUT2D eigenvalue weighted by Crippen LogP contribution is -2.41. The molecule has 1 amide bonds. The first kappa shape index (κ1) is 36.0. The third kappa shape index (κ3) is 8.06. The van der Waals surface area contributed by atoms with Crippen LogP contribution < -0.4 is 10.6 Å². The number of carbonyl (C=O) groups is 1. The van der Waals surface area contributed by atoms with E-state index in [0.29, 0.717) is 47.2 Å². The first-order valence-corrected chi connectivity index (χ1v) is 18.8. The second kappa shape index (κ2) is 14.4. The number of aliphatic hydroxyl groups excluding tert-OH is 1. The normalized spacial score (nSPS) is 19.4. The maximum absolute atomic E-state index is 14.0. The number of halogens is 3. The summed E-state index contributed by atoms with van der Waals surface area (Å²) in [4.78, 5) is 19.0. The molecular formula is C35H44F3N7O4S. The van der Waals surface area contributed by atoms with Crippen molar-refractivity contribution in [2.24, 2.45) is 5.92 Å². The number of hydrogen-bond donors (Lipinski definition) is 3. The minimum Gasteiger partial charge on any atom is -0.390 e. The zero-order valence-electron chi connectivity index (χ0n) is 28.5. The Balaban J connectivity index is 1.21. The van der Waals surface area contributed by atoms with Crippen LogP contribution in [0.4, 0.5) is 19.0 Å². The number of piperidine rings is 1. The van der Waals surface area contributed by atoms with Crippen molar-refractivity contribution in [3.8, 4) is 11.3 Å². The fraction of sp³-hybridized carbons (Fsp3) is 0.514. The number of nitrogens with one attached hydrogen (secondary N) is 2. The summed E-state index contributed by atoms with van der Waals surface area (Å²) >= 11 is 0. The fourth-order valence-electron chi connectivity index (χ4n) is 7.49. The van der Waals surface area contributed by atoms with Crippen molar-refractivity contribution in [1.82, 2.24) is 29.3 Å². The highest BCUT2D eigenvalue weighted by molar-refractivity contribution is 7.88. The molecule has 3 aromatic rings. The lowest BCUT2D eigenvalue weighted by atomic mass is 9.81. The molecule has 11 nitrogen and oxygen atoms in total. The number of alkyl halides is 3. The smallest absolute Gasteiger partial charge is 0.390 e. The second-order valence-electron chi connectivity index (χ2n) is 13.8. The third-order valence-electron chi connectivity index (χ3n) is 9.91. The molecule has 2 atom stereocenters. The molecule has 3 aliphatic heterocycles. The van der Waals surface area contributed by atoms with Gasteiger partial charge in [-0.05, 0) is 75.0 Å². The van der Waals surface area contributed by atoms with E-state index in [1.54, 1.807) is 24.7 Å². The van der Waals surface area contributed by atoms with Gasteiger partial charge < -0.3 is 20.6 Å². The number of allylic oxidation sites excluding steroid dienone is 1. The highest BCUT2D eigenvalue weighted by Crippen LogP contribution is 2.40. The summed E-state index contributed by atoms with van der Waals surface area (Å²) in [6.07, 6.45) is 1.15. The highest BCUT2D eigenvalue weighted by Gasteiger charge is 2.36. The van der Waals surface area contributed by atoms with Crippen LogP contribution in [0.3, 0.4) is 0 Å². The summed E-state index contributed by atoms with van der Waals surface area (Å²) in [6, 6.07) is 7.77. The molecule has 0 spiro atoms. The van der Waals surface area contributed by atoms with Crippen molar-refractivity contribution >= 4 is 21.7 Å². The monoisotopic (exact) mass is 715 g/mol. The maximum atomic E-state index is 14.0. The Morgan fingerprint density at radius 3 is 2.62 bits per heavy atom. The summed E-state index contributed by atoms with van der Waals surface area (Å²) in [5.41, 5.74) is 3.02. The molecule has 0 saturated carbocycles. The van der Waals surface area contributed by atoms with E-state index in [9.17, 15) is 31.5 Å². The molecule has 0 bridgehead atoms. The van der Waals surface area contributed by atoms with Crippen molar-refractivity contribution in [3.05, 3.63) is 76.1 Å². The average molecular weight is 716 g/mol. The molecule has 5 heterocycles. The van der Waals surface area contributed by atoms with Crippen LogP contribution >= 0.6 is 0 Å². The number of aliphatic hydroxyl groups is 1. The van der Waals surface area contributed by atoms with Gasteiger partial charge in [0.2, 0.25) is 15.9 Å². The molecule has 1 aromatic carbocycles. The van der Waals surface area contributed by atoms with Crippen LogP contribution in [0.5, 0.6) is 0 Å². The van der Waals surface area contributed by atoms with E-state index in [1.807, 2.05) is 6.07 Å². The number of rotatable bonds is 10. The van der Waals surface area contributed by atoms with Crippen LogP contribution in [0.25, 0.3) is 11.3 Å². The van der Waals surface area contributed by atoms with Crippen LogP contribution in [-0.4, -0.2) is 88.5 Å². The number of likely N-dealkylation sites (tertiary alicyclic amines) is 1. The van der Waals surface area contributed by atoms with Crippen molar-refractivity contribution in [2.45, 2.75) is 70.9 Å². The molecule has 15 heteroatoms. The van der Waals surface area contributed by atoms with Crippen molar-refractivity contribution in [2.75, 3.05) is 44.3 Å². The zero-order valence-corrected chi connectivity index (χ0v) is 29.3. The molecule has 1 saturated heterocycles. The predicted molar refractivity (Wildman–Crippen MR) is 184 cm³/mol. The molecule has 3 N–H and O–H groups in total. The molecular weight excluding hydrogens is 671 g/mol. The zero-order chi connectivity index (χ0) is 35.8. The minimum absolute atomic E-state index is 0.00937. The van der Waals surface area contributed by atoms with Crippen LogP contribution in [0.2, 0.25) is 0 Å². The number of benzene rings is 1. The summed E-state index contributed by atoms with van der Waals surface area (Å²) in [7, 11) is -3.56. The molecule has 2 unspecified atom stereocenters. The number of aromatic nitrogens is 3. The van der Waals surface area contributed by atoms with Crippen LogP contribution in [0.15, 0.2) is 48.2 Å². The number of β-amino-alcohol motifs (C(OH)–C–C–N with tert-alkyl or cyclic N) is 1. The van der Waals surface area contributed by atoms with Gasteiger partial charge in [0.25, 0.3) is 0 Å². The van der Waals surface area contributed by atoms with Crippen LogP contribution in [0, 0.1) is 5.92 Å². The van der Waals surface area contributed by atoms with E-state index < -0.39 is 33.8 Å². The molecule has 50 heavy (non-hydrogen) atoms. The predicted octanol–water partition coefficient (Wildman–Crippen LogP) is 4.15. The van der Waals surface area contributed by atoms with Gasteiger partial charge in [0.05, 0.1) is 30.2 Å². The van der Waals surface area contributed by atoms with E-state index in [0.717, 1.165) is 56.3 Å². The van der Waals surface area contributed by atoms with Gasteiger partial charge in [0, 0.05) is 74.2 Å². The van der Waals surface area contributed by atoms with Gasteiger partial charge in [-0.25, -0.2) is 13.4 Å². The number of nitrogens with zero attached hydrogens (tertiary/aromatic N) is 5. The molecule has 2 aromatic heterocycles. The van der Waals surface area contributed by atoms with Crippen LogP contribution in [0.1, 0.15) is 60.6 Å². The molecule has 270 valence electrons. The number of sulfonamides is 1. The first-order chi connectivity index (χ1) is 23.7. The van der Waals surface area contributed by atoms with Crippen molar-refractivity contribution < 1.29 is 31.5 Å². The number of hydrogen-bond acceptors (Lipinski definition) is 8. The maximum Gasteiger partial charge on any atom is 0.416 e. The van der Waals surface area contributed by atoms with Gasteiger partial charge in [-0.15, -0.1) is 0 Å². The Morgan fingerprint density at radius 1 is 1.16 bits per heavy atom.